The molecule has 0 bridgehead atoms. The van der Waals surface area contributed by atoms with Crippen LogP contribution in [0.5, 0.6) is 0 Å². The lowest BCUT2D eigenvalue weighted by Gasteiger charge is -2.10. The Morgan fingerprint density at radius 2 is 2.12 bits per heavy atom. The Kier molecular flexibility index (Phi) is 5.01. The first-order valence-corrected chi connectivity index (χ1v) is 8.47. The molecule has 1 aromatic carbocycles. The fourth-order valence-electron chi connectivity index (χ4n) is 2.30. The zero-order valence-electron chi connectivity index (χ0n) is 13.3. The average Bonchev–Trinajstić information content (AvgIpc) is 2.98. The van der Waals surface area contributed by atoms with Gasteiger partial charge >= 0.3 is 0 Å². The molecule has 0 fully saturated rings. The second kappa shape index (κ2) is 7.22. The molecule has 0 unspecified atom stereocenters. The number of pyridine rings is 1. The summed E-state index contributed by atoms with van der Waals surface area (Å²) in [7, 11) is 0. The van der Waals surface area contributed by atoms with E-state index < -0.39 is 10.8 Å². The number of non-ortho nitro benzene ring substituents is 1. The van der Waals surface area contributed by atoms with Gasteiger partial charge in [0.2, 0.25) is 0 Å². The molecule has 0 atom stereocenters. The summed E-state index contributed by atoms with van der Waals surface area (Å²) in [5.74, 6) is -0.146. The molecule has 132 valence electrons. The Bertz CT molecular complexity index is 1020. The number of nitrogens with zero attached hydrogens (tertiary/aromatic N) is 4. The monoisotopic (exact) mass is 435 g/mol. The molecule has 0 saturated carbocycles. The number of carbonyl (C=O) groups is 1. The van der Waals surface area contributed by atoms with Gasteiger partial charge in [-0.15, -0.1) is 0 Å². The molecule has 3 rings (SSSR count). The number of benzene rings is 1. The summed E-state index contributed by atoms with van der Waals surface area (Å²) in [6.45, 7) is 1.67. The van der Waals surface area contributed by atoms with E-state index in [4.69, 9.17) is 11.6 Å². The number of hydrogen-bond acceptors (Lipinski definition) is 5. The Balaban J connectivity index is 1.95. The van der Waals surface area contributed by atoms with E-state index in [0.717, 1.165) is 0 Å². The minimum Gasteiger partial charge on any atom is -0.320 e. The van der Waals surface area contributed by atoms with Gasteiger partial charge in [-0.25, -0.2) is 9.67 Å². The van der Waals surface area contributed by atoms with Gasteiger partial charge in [0.05, 0.1) is 9.95 Å². The number of carbonyl (C=O) groups excluding carboxylic acids is 1. The second-order valence-electron chi connectivity index (χ2n) is 5.28. The van der Waals surface area contributed by atoms with Gasteiger partial charge in [0.15, 0.2) is 5.82 Å². The van der Waals surface area contributed by atoms with Crippen LogP contribution in [0.1, 0.15) is 16.1 Å². The molecule has 0 aliphatic heterocycles. The smallest absolute Gasteiger partial charge is 0.274 e. The molecule has 0 spiro atoms. The molecule has 0 radical (unpaired) electrons. The van der Waals surface area contributed by atoms with Gasteiger partial charge in [-0.3, -0.25) is 14.9 Å². The Hall–Kier alpha value is -2.78. The normalized spacial score (nSPS) is 10.6. The van der Waals surface area contributed by atoms with Crippen LogP contribution >= 0.6 is 27.5 Å². The summed E-state index contributed by atoms with van der Waals surface area (Å²) in [5, 5.41) is 18.1. The molecule has 8 nitrogen and oxygen atoms in total. The molecule has 26 heavy (non-hydrogen) atoms. The lowest BCUT2D eigenvalue weighted by molar-refractivity contribution is -0.384. The number of halogens is 2. The van der Waals surface area contributed by atoms with Crippen LogP contribution in [0, 0.1) is 17.0 Å². The van der Waals surface area contributed by atoms with Crippen molar-refractivity contribution >= 4 is 44.8 Å². The van der Waals surface area contributed by atoms with Crippen LogP contribution in [-0.4, -0.2) is 25.6 Å². The zero-order valence-corrected chi connectivity index (χ0v) is 15.7. The highest BCUT2D eigenvalue weighted by Crippen LogP contribution is 2.24. The topological polar surface area (TPSA) is 103 Å². The van der Waals surface area contributed by atoms with E-state index in [1.165, 1.54) is 28.9 Å². The molecule has 0 saturated heterocycles. The van der Waals surface area contributed by atoms with Gasteiger partial charge in [0, 0.05) is 30.1 Å². The molecule has 10 heteroatoms. The first-order valence-electron chi connectivity index (χ1n) is 7.29. The van der Waals surface area contributed by atoms with Crippen molar-refractivity contribution in [1.82, 2.24) is 14.8 Å². The van der Waals surface area contributed by atoms with E-state index in [1.807, 2.05) is 0 Å². The minimum atomic E-state index is -0.492. The number of aryl methyl sites for hydroxylation is 1. The van der Waals surface area contributed by atoms with Crippen LogP contribution in [-0.2, 0) is 0 Å². The molecule has 2 aromatic heterocycles. The maximum absolute atomic E-state index is 12.7. The standard InChI is InChI=1S/C16H11BrClN5O3/c1-9-7-10(23(25)26)4-5-12(9)20-16(24)13-8-14(17)21-22(13)15-11(18)3-2-6-19-15/h2-8H,1H3,(H,20,24). The van der Waals surface area contributed by atoms with Crippen molar-refractivity contribution in [3.8, 4) is 5.82 Å². The third-order valence-corrected chi connectivity index (χ3v) is 4.20. The van der Waals surface area contributed by atoms with Crippen molar-refractivity contribution in [2.24, 2.45) is 0 Å². The maximum Gasteiger partial charge on any atom is 0.274 e. The summed E-state index contributed by atoms with van der Waals surface area (Å²) in [6, 6.07) is 9.03. The number of aromatic nitrogens is 3. The van der Waals surface area contributed by atoms with Crippen molar-refractivity contribution < 1.29 is 9.72 Å². The summed E-state index contributed by atoms with van der Waals surface area (Å²) in [6.07, 6.45) is 1.54. The second-order valence-corrected chi connectivity index (χ2v) is 6.50. The van der Waals surface area contributed by atoms with Crippen molar-refractivity contribution in [2.75, 3.05) is 5.32 Å². The molecular weight excluding hydrogens is 426 g/mol. The highest BCUT2D eigenvalue weighted by molar-refractivity contribution is 9.10. The van der Waals surface area contributed by atoms with Gasteiger partial charge in [0.25, 0.3) is 11.6 Å². The molecular formula is C16H11BrClN5O3. The first kappa shape index (κ1) is 18.0. The van der Waals surface area contributed by atoms with Gasteiger partial charge in [0.1, 0.15) is 10.3 Å². The largest absolute Gasteiger partial charge is 0.320 e. The highest BCUT2D eigenvalue weighted by atomic mass is 79.9. The summed E-state index contributed by atoms with van der Waals surface area (Å²) >= 11 is 9.38. The van der Waals surface area contributed by atoms with Gasteiger partial charge in [-0.2, -0.15) is 5.10 Å². The van der Waals surface area contributed by atoms with Crippen LogP contribution in [0.3, 0.4) is 0 Å². The number of nitrogens with one attached hydrogen (secondary N) is 1. The van der Waals surface area contributed by atoms with E-state index in [1.54, 1.807) is 25.3 Å². The zero-order chi connectivity index (χ0) is 18.8. The number of amides is 1. The van der Waals surface area contributed by atoms with Crippen molar-refractivity contribution in [3.63, 3.8) is 0 Å². The van der Waals surface area contributed by atoms with Gasteiger partial charge in [-0.1, -0.05) is 11.6 Å². The lowest BCUT2D eigenvalue weighted by Crippen LogP contribution is -2.18. The Labute approximate surface area is 161 Å². The third kappa shape index (κ3) is 3.58. The minimum absolute atomic E-state index is 0.0476. The Morgan fingerprint density at radius 1 is 1.35 bits per heavy atom. The first-order chi connectivity index (χ1) is 12.4. The maximum atomic E-state index is 12.7. The van der Waals surface area contributed by atoms with Gasteiger partial charge < -0.3 is 5.32 Å². The van der Waals surface area contributed by atoms with Crippen LogP contribution in [0.2, 0.25) is 5.02 Å². The molecule has 1 amide bonds. The van der Waals surface area contributed by atoms with E-state index in [-0.39, 0.29) is 11.4 Å². The van der Waals surface area contributed by atoms with Crippen LogP contribution < -0.4 is 5.32 Å². The summed E-state index contributed by atoms with van der Waals surface area (Å²) in [4.78, 5) is 27.2. The average molecular weight is 437 g/mol. The molecule has 2 heterocycles. The number of hydrogen-bond donors (Lipinski definition) is 1. The predicted molar refractivity (Wildman–Crippen MR) is 99.9 cm³/mol. The molecule has 0 aliphatic rings. The molecule has 3 aromatic rings. The van der Waals surface area contributed by atoms with Crippen LogP contribution in [0.4, 0.5) is 11.4 Å². The number of rotatable bonds is 4. The predicted octanol–water partition coefficient (Wildman–Crippen LogP) is 4.15. The molecule has 0 aliphatic carbocycles. The van der Waals surface area contributed by atoms with Crippen molar-refractivity contribution in [2.45, 2.75) is 6.92 Å². The number of nitro groups is 1. The Morgan fingerprint density at radius 3 is 2.77 bits per heavy atom. The third-order valence-electron chi connectivity index (χ3n) is 3.52. The van der Waals surface area contributed by atoms with Crippen molar-refractivity contribution in [1.29, 1.82) is 0 Å². The molecule has 1 N–H and O–H groups in total. The van der Waals surface area contributed by atoms with Crippen LogP contribution in [0.15, 0.2) is 47.2 Å². The summed E-state index contributed by atoms with van der Waals surface area (Å²) < 4.78 is 1.76. The van der Waals surface area contributed by atoms with Crippen LogP contribution in [0.25, 0.3) is 5.82 Å². The van der Waals surface area contributed by atoms with Gasteiger partial charge in [-0.05, 0) is 46.6 Å². The van der Waals surface area contributed by atoms with Crippen molar-refractivity contribution in [3.05, 3.63) is 73.6 Å². The fraction of sp³-hybridized carbons (Fsp3) is 0.0625. The fourth-order valence-corrected chi connectivity index (χ4v) is 2.87. The SMILES string of the molecule is Cc1cc([N+](=O)[O-])ccc1NC(=O)c1cc(Br)nn1-c1ncccc1Cl. The van der Waals surface area contributed by atoms with E-state index >= 15 is 0 Å². The highest BCUT2D eigenvalue weighted by Gasteiger charge is 2.19. The number of anilines is 1. The van der Waals surface area contributed by atoms with E-state index in [0.29, 0.717) is 26.7 Å². The van der Waals surface area contributed by atoms with E-state index in [9.17, 15) is 14.9 Å². The van der Waals surface area contributed by atoms with E-state index in [2.05, 4.69) is 31.3 Å². The lowest BCUT2D eigenvalue weighted by atomic mass is 10.1. The number of nitro benzene ring substituents is 1. The quantitative estimate of drug-likeness (QED) is 0.489. The summed E-state index contributed by atoms with van der Waals surface area (Å²) in [5.41, 5.74) is 1.17.